The van der Waals surface area contributed by atoms with Crippen molar-refractivity contribution in [2.75, 3.05) is 13.4 Å². The number of hydrogen-bond acceptors (Lipinski definition) is 5. The standard InChI is InChI=1S/C15H19NO4/c1-4-18-15(17)14(10(2)3)16-8-11-5-6-12-13(7-11)20-9-19-12/h5-8,10,14H,4,9H2,1-3H3/t14-/m0/s1. The molecule has 0 bridgehead atoms. The lowest BCUT2D eigenvalue weighted by Gasteiger charge is -2.14. The molecule has 1 aliphatic rings. The minimum atomic E-state index is -0.486. The van der Waals surface area contributed by atoms with Crippen molar-refractivity contribution < 1.29 is 19.0 Å². The van der Waals surface area contributed by atoms with Crippen molar-refractivity contribution in [2.24, 2.45) is 10.9 Å². The molecule has 1 aliphatic heterocycles. The second-order valence-corrected chi connectivity index (χ2v) is 4.83. The Hall–Kier alpha value is -2.04. The van der Waals surface area contributed by atoms with Gasteiger partial charge in [-0.05, 0) is 36.6 Å². The van der Waals surface area contributed by atoms with Crippen molar-refractivity contribution in [2.45, 2.75) is 26.8 Å². The third-order valence-electron chi connectivity index (χ3n) is 2.94. The van der Waals surface area contributed by atoms with Crippen LogP contribution in [-0.2, 0) is 9.53 Å². The predicted octanol–water partition coefficient (Wildman–Crippen LogP) is 2.42. The second kappa shape index (κ2) is 6.41. The molecular weight excluding hydrogens is 258 g/mol. The summed E-state index contributed by atoms with van der Waals surface area (Å²) in [5.41, 5.74) is 0.865. The molecule has 0 saturated carbocycles. The molecule has 5 heteroatoms. The van der Waals surface area contributed by atoms with Crippen LogP contribution in [0.3, 0.4) is 0 Å². The summed E-state index contributed by atoms with van der Waals surface area (Å²) in [6.45, 7) is 6.28. The number of benzene rings is 1. The molecule has 0 radical (unpaired) electrons. The van der Waals surface area contributed by atoms with E-state index in [0.29, 0.717) is 12.4 Å². The Morgan fingerprint density at radius 3 is 2.85 bits per heavy atom. The Kier molecular flexibility index (Phi) is 4.61. The Morgan fingerprint density at radius 1 is 1.40 bits per heavy atom. The van der Waals surface area contributed by atoms with Gasteiger partial charge in [-0.15, -0.1) is 0 Å². The molecule has 5 nitrogen and oxygen atoms in total. The Balaban J connectivity index is 2.11. The number of esters is 1. The molecule has 1 atom stereocenters. The predicted molar refractivity (Wildman–Crippen MR) is 75.4 cm³/mol. The van der Waals surface area contributed by atoms with E-state index in [1.54, 1.807) is 13.1 Å². The summed E-state index contributed by atoms with van der Waals surface area (Å²) in [5, 5.41) is 0. The van der Waals surface area contributed by atoms with E-state index in [-0.39, 0.29) is 18.7 Å². The highest BCUT2D eigenvalue weighted by Gasteiger charge is 2.22. The quantitative estimate of drug-likeness (QED) is 0.612. The molecule has 0 aromatic heterocycles. The molecule has 1 aromatic carbocycles. The first-order chi connectivity index (χ1) is 9.61. The first kappa shape index (κ1) is 14.4. The van der Waals surface area contributed by atoms with Gasteiger partial charge in [-0.25, -0.2) is 4.79 Å². The zero-order chi connectivity index (χ0) is 14.5. The molecule has 0 aliphatic carbocycles. The SMILES string of the molecule is CCOC(=O)[C@@H](N=Cc1ccc2c(c1)OCO2)C(C)C. The van der Waals surface area contributed by atoms with Gasteiger partial charge in [0.25, 0.3) is 0 Å². The lowest BCUT2D eigenvalue weighted by molar-refractivity contribution is -0.145. The van der Waals surface area contributed by atoms with E-state index >= 15 is 0 Å². The monoisotopic (exact) mass is 277 g/mol. The highest BCUT2D eigenvalue weighted by Crippen LogP contribution is 2.32. The van der Waals surface area contributed by atoms with E-state index < -0.39 is 6.04 Å². The van der Waals surface area contributed by atoms with Gasteiger partial charge in [-0.3, -0.25) is 4.99 Å². The lowest BCUT2D eigenvalue weighted by Crippen LogP contribution is -2.27. The second-order valence-electron chi connectivity index (χ2n) is 4.83. The molecule has 0 fully saturated rings. The molecule has 1 aromatic rings. The number of nitrogens with zero attached hydrogens (tertiary/aromatic N) is 1. The fourth-order valence-electron chi connectivity index (χ4n) is 1.89. The number of fused-ring (bicyclic) bond motifs is 1. The molecule has 1 heterocycles. The average molecular weight is 277 g/mol. The van der Waals surface area contributed by atoms with Gasteiger partial charge in [0.2, 0.25) is 6.79 Å². The van der Waals surface area contributed by atoms with Gasteiger partial charge in [0.15, 0.2) is 11.5 Å². The molecular formula is C15H19NO4. The minimum absolute atomic E-state index is 0.0827. The smallest absolute Gasteiger partial charge is 0.331 e. The van der Waals surface area contributed by atoms with E-state index in [1.165, 1.54) is 0 Å². The average Bonchev–Trinajstić information content (AvgIpc) is 2.86. The van der Waals surface area contributed by atoms with Crippen LogP contribution in [-0.4, -0.2) is 31.6 Å². The largest absolute Gasteiger partial charge is 0.464 e. The number of rotatable bonds is 5. The van der Waals surface area contributed by atoms with E-state index in [0.717, 1.165) is 11.3 Å². The number of ether oxygens (including phenoxy) is 3. The lowest BCUT2D eigenvalue weighted by atomic mass is 10.1. The van der Waals surface area contributed by atoms with Gasteiger partial charge in [0, 0.05) is 6.21 Å². The van der Waals surface area contributed by atoms with Crippen LogP contribution in [0.15, 0.2) is 23.2 Å². The first-order valence-electron chi connectivity index (χ1n) is 6.71. The molecule has 0 amide bonds. The maximum absolute atomic E-state index is 11.8. The molecule has 0 saturated heterocycles. The molecule has 0 spiro atoms. The summed E-state index contributed by atoms with van der Waals surface area (Å²) in [4.78, 5) is 16.2. The van der Waals surface area contributed by atoms with Crippen LogP contribution in [0.2, 0.25) is 0 Å². The maximum atomic E-state index is 11.8. The Morgan fingerprint density at radius 2 is 2.15 bits per heavy atom. The van der Waals surface area contributed by atoms with Crippen molar-refractivity contribution in [3.8, 4) is 11.5 Å². The minimum Gasteiger partial charge on any atom is -0.464 e. The van der Waals surface area contributed by atoms with Crippen molar-refractivity contribution in [1.29, 1.82) is 0 Å². The fourth-order valence-corrected chi connectivity index (χ4v) is 1.89. The van der Waals surface area contributed by atoms with Crippen molar-refractivity contribution in [3.63, 3.8) is 0 Å². The molecule has 20 heavy (non-hydrogen) atoms. The summed E-state index contributed by atoms with van der Waals surface area (Å²) in [6, 6.07) is 5.06. The van der Waals surface area contributed by atoms with Crippen LogP contribution in [0.4, 0.5) is 0 Å². The number of hydrogen-bond donors (Lipinski definition) is 0. The van der Waals surface area contributed by atoms with Crippen LogP contribution in [0, 0.1) is 5.92 Å². The van der Waals surface area contributed by atoms with Crippen molar-refractivity contribution in [3.05, 3.63) is 23.8 Å². The summed E-state index contributed by atoms with van der Waals surface area (Å²) in [6.07, 6.45) is 1.67. The van der Waals surface area contributed by atoms with Crippen molar-refractivity contribution >= 4 is 12.2 Å². The maximum Gasteiger partial charge on any atom is 0.331 e. The van der Waals surface area contributed by atoms with Gasteiger partial charge < -0.3 is 14.2 Å². The Bertz CT molecular complexity index is 511. The van der Waals surface area contributed by atoms with Gasteiger partial charge in [0.05, 0.1) is 6.61 Å². The summed E-state index contributed by atoms with van der Waals surface area (Å²) < 4.78 is 15.6. The van der Waals surface area contributed by atoms with E-state index in [1.807, 2.05) is 32.0 Å². The summed E-state index contributed by atoms with van der Waals surface area (Å²) in [5.74, 6) is 1.22. The number of carbonyl (C=O) groups is 1. The number of aliphatic imine (C=N–C) groups is 1. The molecule has 108 valence electrons. The zero-order valence-corrected chi connectivity index (χ0v) is 12.0. The topological polar surface area (TPSA) is 57.1 Å². The normalized spacial score (nSPS) is 14.8. The van der Waals surface area contributed by atoms with Crippen molar-refractivity contribution in [1.82, 2.24) is 0 Å². The summed E-state index contributed by atoms with van der Waals surface area (Å²) in [7, 11) is 0. The van der Waals surface area contributed by atoms with Crippen LogP contribution in [0.5, 0.6) is 11.5 Å². The third-order valence-corrected chi connectivity index (χ3v) is 2.94. The summed E-state index contributed by atoms with van der Waals surface area (Å²) >= 11 is 0. The highest BCUT2D eigenvalue weighted by atomic mass is 16.7. The van der Waals surface area contributed by atoms with Gasteiger partial charge in [0.1, 0.15) is 6.04 Å². The first-order valence-corrected chi connectivity index (χ1v) is 6.71. The molecule has 2 rings (SSSR count). The molecule has 0 N–H and O–H groups in total. The van der Waals surface area contributed by atoms with Crippen LogP contribution in [0.1, 0.15) is 26.3 Å². The number of carbonyl (C=O) groups excluding carboxylic acids is 1. The van der Waals surface area contributed by atoms with E-state index in [4.69, 9.17) is 14.2 Å². The zero-order valence-electron chi connectivity index (χ0n) is 12.0. The van der Waals surface area contributed by atoms with E-state index in [2.05, 4.69) is 4.99 Å². The van der Waals surface area contributed by atoms with Gasteiger partial charge in [-0.2, -0.15) is 0 Å². The van der Waals surface area contributed by atoms with Crippen LogP contribution in [0.25, 0.3) is 0 Å². The third kappa shape index (κ3) is 3.29. The highest BCUT2D eigenvalue weighted by molar-refractivity contribution is 5.85. The van der Waals surface area contributed by atoms with Crippen LogP contribution >= 0.6 is 0 Å². The molecule has 0 unspecified atom stereocenters. The fraction of sp³-hybridized carbons (Fsp3) is 0.467. The Labute approximate surface area is 118 Å². The van der Waals surface area contributed by atoms with E-state index in [9.17, 15) is 4.79 Å². The van der Waals surface area contributed by atoms with Gasteiger partial charge >= 0.3 is 5.97 Å². The van der Waals surface area contributed by atoms with Crippen LogP contribution < -0.4 is 9.47 Å². The van der Waals surface area contributed by atoms with Gasteiger partial charge in [-0.1, -0.05) is 13.8 Å².